The summed E-state index contributed by atoms with van der Waals surface area (Å²) in [6, 6.07) is 2.00. The molecule has 2 aromatic rings. The van der Waals surface area contributed by atoms with Gasteiger partial charge in [-0.3, -0.25) is 9.89 Å². The first-order chi connectivity index (χ1) is 8.50. The molecular weight excluding hydrogens is 242 g/mol. The number of nitrogen functional groups attached to an aromatic ring is 1. The summed E-state index contributed by atoms with van der Waals surface area (Å²) in [6.45, 7) is 1.69. The molecule has 2 rings (SSSR count). The van der Waals surface area contributed by atoms with E-state index in [1.165, 1.54) is 6.20 Å². The number of rotatable bonds is 2. The number of nitrogens with one attached hydrogen (secondary N) is 2. The van der Waals surface area contributed by atoms with E-state index in [0.29, 0.717) is 5.56 Å². The molecule has 0 unspecified atom stereocenters. The van der Waals surface area contributed by atoms with Crippen molar-refractivity contribution in [2.24, 2.45) is 0 Å². The summed E-state index contributed by atoms with van der Waals surface area (Å²) >= 11 is 0. The van der Waals surface area contributed by atoms with Gasteiger partial charge in [0, 0.05) is 5.56 Å². The predicted molar refractivity (Wildman–Crippen MR) is 62.0 cm³/mol. The first-order valence-corrected chi connectivity index (χ1v) is 5.05. The van der Waals surface area contributed by atoms with Crippen molar-refractivity contribution in [3.63, 3.8) is 0 Å². The smallest absolute Gasteiger partial charge is 0.262 e. The summed E-state index contributed by atoms with van der Waals surface area (Å²) in [6.07, 6.45) is 1.47. The molecule has 0 aliphatic heterocycles. The molecule has 0 aliphatic rings. The second kappa shape index (κ2) is 4.44. The highest BCUT2D eigenvalue weighted by molar-refractivity contribution is 6.05. The third-order valence-electron chi connectivity index (χ3n) is 2.42. The molecule has 1 amide bonds. The summed E-state index contributed by atoms with van der Waals surface area (Å²) in [5.74, 6) is -2.70. The van der Waals surface area contributed by atoms with Crippen LogP contribution in [-0.4, -0.2) is 16.1 Å². The van der Waals surface area contributed by atoms with Crippen molar-refractivity contribution in [1.82, 2.24) is 10.2 Å². The largest absolute Gasteiger partial charge is 0.396 e. The Bertz CT molecular complexity index is 609. The Hall–Kier alpha value is -2.44. The highest BCUT2D eigenvalue weighted by atomic mass is 19.1. The summed E-state index contributed by atoms with van der Waals surface area (Å²) < 4.78 is 27.0. The van der Waals surface area contributed by atoms with Crippen LogP contribution in [0.4, 0.5) is 20.3 Å². The molecule has 1 heterocycles. The van der Waals surface area contributed by atoms with E-state index in [1.807, 2.05) is 0 Å². The molecule has 4 N–H and O–H groups in total. The minimum atomic E-state index is -1.08. The van der Waals surface area contributed by atoms with Gasteiger partial charge in [0.2, 0.25) is 0 Å². The van der Waals surface area contributed by atoms with Gasteiger partial charge >= 0.3 is 0 Å². The first-order valence-electron chi connectivity index (χ1n) is 5.05. The van der Waals surface area contributed by atoms with Crippen LogP contribution in [0.15, 0.2) is 18.3 Å². The van der Waals surface area contributed by atoms with E-state index in [0.717, 1.165) is 12.1 Å². The third-order valence-corrected chi connectivity index (χ3v) is 2.42. The van der Waals surface area contributed by atoms with Crippen LogP contribution in [0.3, 0.4) is 0 Å². The molecular formula is C11H10F2N4O. The zero-order valence-corrected chi connectivity index (χ0v) is 9.42. The van der Waals surface area contributed by atoms with Crippen LogP contribution in [0.1, 0.15) is 15.9 Å². The van der Waals surface area contributed by atoms with Gasteiger partial charge in [0.15, 0.2) is 5.82 Å². The standard InChI is InChI=1S/C11H10F2N4O/c1-5-4-15-17-10(5)16-11(18)8-6(12)2-3-7(14)9(8)13/h2-4H,14H2,1H3,(H2,15,16,17,18). The molecule has 5 nitrogen and oxygen atoms in total. The molecule has 7 heteroatoms. The molecule has 1 aromatic carbocycles. The molecule has 18 heavy (non-hydrogen) atoms. The number of carbonyl (C=O) groups excluding carboxylic acids is 1. The zero-order chi connectivity index (χ0) is 13.3. The quantitative estimate of drug-likeness (QED) is 0.713. The number of nitrogens with two attached hydrogens (primary N) is 1. The van der Waals surface area contributed by atoms with Gasteiger partial charge in [0.1, 0.15) is 17.2 Å². The minimum absolute atomic E-state index is 0.279. The number of aromatic nitrogens is 2. The molecule has 0 saturated heterocycles. The monoisotopic (exact) mass is 252 g/mol. The highest BCUT2D eigenvalue weighted by Crippen LogP contribution is 2.20. The lowest BCUT2D eigenvalue weighted by atomic mass is 10.1. The summed E-state index contributed by atoms with van der Waals surface area (Å²) in [7, 11) is 0. The van der Waals surface area contributed by atoms with Gasteiger partial charge in [-0.05, 0) is 19.1 Å². The normalized spacial score (nSPS) is 10.4. The van der Waals surface area contributed by atoms with Crippen molar-refractivity contribution >= 4 is 17.4 Å². The molecule has 0 fully saturated rings. The van der Waals surface area contributed by atoms with E-state index in [-0.39, 0.29) is 11.5 Å². The third kappa shape index (κ3) is 2.02. The van der Waals surface area contributed by atoms with Crippen molar-refractivity contribution in [3.8, 4) is 0 Å². The maximum absolute atomic E-state index is 13.6. The fraction of sp³-hybridized carbons (Fsp3) is 0.0909. The maximum atomic E-state index is 13.6. The van der Waals surface area contributed by atoms with E-state index in [4.69, 9.17) is 5.73 Å². The maximum Gasteiger partial charge on any atom is 0.262 e. The Balaban J connectivity index is 2.35. The number of nitrogens with zero attached hydrogens (tertiary/aromatic N) is 1. The van der Waals surface area contributed by atoms with Crippen molar-refractivity contribution in [3.05, 3.63) is 41.1 Å². The molecule has 94 valence electrons. The second-order valence-electron chi connectivity index (χ2n) is 3.71. The van der Waals surface area contributed by atoms with Gasteiger partial charge in [-0.1, -0.05) is 0 Å². The number of hydrogen-bond acceptors (Lipinski definition) is 3. The predicted octanol–water partition coefficient (Wildman–Crippen LogP) is 1.83. The number of amides is 1. The van der Waals surface area contributed by atoms with Crippen LogP contribution >= 0.6 is 0 Å². The van der Waals surface area contributed by atoms with Crippen molar-refractivity contribution < 1.29 is 13.6 Å². The highest BCUT2D eigenvalue weighted by Gasteiger charge is 2.20. The Morgan fingerprint density at radius 1 is 1.44 bits per heavy atom. The Morgan fingerprint density at radius 3 is 2.78 bits per heavy atom. The molecule has 1 aromatic heterocycles. The number of hydrogen-bond donors (Lipinski definition) is 3. The average Bonchev–Trinajstić information content (AvgIpc) is 2.70. The van der Waals surface area contributed by atoms with Gasteiger partial charge in [0.05, 0.1) is 11.9 Å². The number of aromatic amines is 1. The Labute approximate surface area is 101 Å². The molecule has 0 atom stereocenters. The number of anilines is 2. The van der Waals surface area contributed by atoms with Crippen LogP contribution in [0, 0.1) is 18.6 Å². The van der Waals surface area contributed by atoms with E-state index in [2.05, 4.69) is 15.5 Å². The van der Waals surface area contributed by atoms with E-state index >= 15 is 0 Å². The Morgan fingerprint density at radius 2 is 2.17 bits per heavy atom. The summed E-state index contributed by atoms with van der Waals surface area (Å²) in [5.41, 5.74) is 4.93. The van der Waals surface area contributed by atoms with Crippen LogP contribution in [0.5, 0.6) is 0 Å². The topological polar surface area (TPSA) is 83.8 Å². The van der Waals surface area contributed by atoms with Gasteiger partial charge in [-0.15, -0.1) is 0 Å². The molecule has 0 bridgehead atoms. The lowest BCUT2D eigenvalue weighted by molar-refractivity contribution is 0.101. The lowest BCUT2D eigenvalue weighted by Gasteiger charge is -2.07. The van der Waals surface area contributed by atoms with Gasteiger partial charge < -0.3 is 11.1 Å². The molecule has 0 spiro atoms. The zero-order valence-electron chi connectivity index (χ0n) is 9.42. The molecule has 0 saturated carbocycles. The number of H-pyrrole nitrogens is 1. The fourth-order valence-corrected chi connectivity index (χ4v) is 1.43. The molecule has 0 radical (unpaired) electrons. The summed E-state index contributed by atoms with van der Waals surface area (Å²) in [5, 5.41) is 8.50. The second-order valence-corrected chi connectivity index (χ2v) is 3.71. The first kappa shape index (κ1) is 12.0. The number of aryl methyl sites for hydroxylation is 1. The average molecular weight is 252 g/mol. The number of halogens is 2. The van der Waals surface area contributed by atoms with Crippen LogP contribution < -0.4 is 11.1 Å². The van der Waals surface area contributed by atoms with Gasteiger partial charge in [-0.2, -0.15) is 5.10 Å². The van der Waals surface area contributed by atoms with Gasteiger partial charge in [-0.25, -0.2) is 8.78 Å². The van der Waals surface area contributed by atoms with Crippen LogP contribution in [-0.2, 0) is 0 Å². The molecule has 0 aliphatic carbocycles. The SMILES string of the molecule is Cc1cn[nH]c1NC(=O)c1c(F)ccc(N)c1F. The Kier molecular flexibility index (Phi) is 2.97. The fourth-order valence-electron chi connectivity index (χ4n) is 1.43. The van der Waals surface area contributed by atoms with Gasteiger partial charge in [0.25, 0.3) is 5.91 Å². The van der Waals surface area contributed by atoms with E-state index in [1.54, 1.807) is 6.92 Å². The van der Waals surface area contributed by atoms with Crippen LogP contribution in [0.2, 0.25) is 0 Å². The minimum Gasteiger partial charge on any atom is -0.396 e. The van der Waals surface area contributed by atoms with Crippen LogP contribution in [0.25, 0.3) is 0 Å². The van der Waals surface area contributed by atoms with Crippen molar-refractivity contribution in [2.45, 2.75) is 6.92 Å². The summed E-state index contributed by atoms with van der Waals surface area (Å²) in [4.78, 5) is 11.8. The van der Waals surface area contributed by atoms with Crippen molar-refractivity contribution in [1.29, 1.82) is 0 Å². The number of carbonyl (C=O) groups is 1. The lowest BCUT2D eigenvalue weighted by Crippen LogP contribution is -2.17. The number of benzene rings is 1. The van der Waals surface area contributed by atoms with Crippen molar-refractivity contribution in [2.75, 3.05) is 11.1 Å². The van der Waals surface area contributed by atoms with E-state index in [9.17, 15) is 13.6 Å². The van der Waals surface area contributed by atoms with E-state index < -0.39 is 23.1 Å².